The third kappa shape index (κ3) is 3.46. The van der Waals surface area contributed by atoms with Crippen LogP contribution in [0.5, 0.6) is 0 Å². The average Bonchev–Trinajstić information content (AvgIpc) is 2.55. The summed E-state index contributed by atoms with van der Waals surface area (Å²) in [6.07, 6.45) is 5.98. The van der Waals surface area contributed by atoms with Gasteiger partial charge in [0.2, 0.25) is 0 Å². The molecular formula is C18H14Cl2N2. The van der Waals surface area contributed by atoms with Crippen LogP contribution in [0.4, 0.5) is 0 Å². The highest BCUT2D eigenvalue weighted by atomic mass is 35.5. The lowest BCUT2D eigenvalue weighted by Crippen LogP contribution is -2.08. The molecule has 0 aliphatic heterocycles. The van der Waals surface area contributed by atoms with Gasteiger partial charge in [-0.2, -0.15) is 0 Å². The van der Waals surface area contributed by atoms with Crippen LogP contribution in [0.25, 0.3) is 0 Å². The zero-order valence-electron chi connectivity index (χ0n) is 11.8. The van der Waals surface area contributed by atoms with Crippen LogP contribution in [0.2, 0.25) is 10.0 Å². The first-order valence-corrected chi connectivity index (χ1v) is 7.74. The Morgan fingerprint density at radius 3 is 2.45 bits per heavy atom. The zero-order chi connectivity index (χ0) is 15.4. The molecule has 3 aromatic rings. The van der Waals surface area contributed by atoms with Crippen molar-refractivity contribution in [1.82, 2.24) is 9.97 Å². The Balaban J connectivity index is 2.03. The number of aromatic nitrogens is 2. The normalized spacial score (nSPS) is 12.1. The molecule has 0 saturated heterocycles. The molecule has 0 spiro atoms. The van der Waals surface area contributed by atoms with Gasteiger partial charge in [-0.15, -0.1) is 0 Å². The maximum Gasteiger partial charge on any atom is 0.0665 e. The maximum absolute atomic E-state index is 6.41. The molecule has 110 valence electrons. The summed E-state index contributed by atoms with van der Waals surface area (Å²) < 4.78 is 0. The van der Waals surface area contributed by atoms with Crippen molar-refractivity contribution in [3.05, 3.63) is 94.0 Å². The Morgan fingerprint density at radius 1 is 0.955 bits per heavy atom. The predicted molar refractivity (Wildman–Crippen MR) is 90.5 cm³/mol. The van der Waals surface area contributed by atoms with Gasteiger partial charge in [-0.1, -0.05) is 59.6 Å². The van der Waals surface area contributed by atoms with E-state index in [1.165, 1.54) is 5.56 Å². The molecule has 2 nitrogen and oxygen atoms in total. The standard InChI is InChI=1S/C18H14Cl2N2/c19-14-6-7-15(17(20)11-14)16(18-12-21-8-9-22-18)10-13-4-2-1-3-5-13/h1-9,11-12,16H,10H2/t16-/m1/s1. The molecule has 0 N–H and O–H groups in total. The summed E-state index contributed by atoms with van der Waals surface area (Å²) in [4.78, 5) is 8.65. The molecule has 0 radical (unpaired) electrons. The summed E-state index contributed by atoms with van der Waals surface area (Å²) in [6, 6.07) is 15.9. The van der Waals surface area contributed by atoms with E-state index in [1.54, 1.807) is 24.7 Å². The van der Waals surface area contributed by atoms with Gasteiger partial charge in [-0.05, 0) is 29.7 Å². The predicted octanol–water partition coefficient (Wildman–Crippen LogP) is 5.16. The molecule has 0 unspecified atom stereocenters. The smallest absolute Gasteiger partial charge is 0.0665 e. The number of hydrogen-bond donors (Lipinski definition) is 0. The van der Waals surface area contributed by atoms with Crippen molar-refractivity contribution in [2.45, 2.75) is 12.3 Å². The van der Waals surface area contributed by atoms with E-state index >= 15 is 0 Å². The van der Waals surface area contributed by atoms with E-state index in [0.29, 0.717) is 10.0 Å². The van der Waals surface area contributed by atoms with Crippen LogP contribution < -0.4 is 0 Å². The largest absolute Gasteiger partial charge is 0.261 e. The number of rotatable bonds is 4. The molecule has 4 heteroatoms. The van der Waals surface area contributed by atoms with E-state index < -0.39 is 0 Å². The van der Waals surface area contributed by atoms with Crippen molar-refractivity contribution in [1.29, 1.82) is 0 Å². The van der Waals surface area contributed by atoms with Gasteiger partial charge >= 0.3 is 0 Å². The van der Waals surface area contributed by atoms with Gasteiger partial charge in [0.25, 0.3) is 0 Å². The third-order valence-corrected chi connectivity index (χ3v) is 4.12. The van der Waals surface area contributed by atoms with E-state index in [-0.39, 0.29) is 5.92 Å². The van der Waals surface area contributed by atoms with Gasteiger partial charge in [0.1, 0.15) is 0 Å². The summed E-state index contributed by atoms with van der Waals surface area (Å²) in [5, 5.41) is 1.28. The fraction of sp³-hybridized carbons (Fsp3) is 0.111. The van der Waals surface area contributed by atoms with Gasteiger partial charge in [0, 0.05) is 34.6 Å². The minimum Gasteiger partial charge on any atom is -0.261 e. The topological polar surface area (TPSA) is 25.8 Å². The third-order valence-electron chi connectivity index (χ3n) is 3.56. The monoisotopic (exact) mass is 328 g/mol. The fourth-order valence-electron chi connectivity index (χ4n) is 2.50. The van der Waals surface area contributed by atoms with Crippen LogP contribution in [0.1, 0.15) is 22.7 Å². The molecule has 2 aromatic carbocycles. The molecule has 0 bridgehead atoms. The van der Waals surface area contributed by atoms with Crippen molar-refractivity contribution < 1.29 is 0 Å². The molecular weight excluding hydrogens is 315 g/mol. The van der Waals surface area contributed by atoms with E-state index in [4.69, 9.17) is 23.2 Å². The molecule has 0 aliphatic rings. The Labute approximate surface area is 139 Å². The van der Waals surface area contributed by atoms with Crippen molar-refractivity contribution in [3.63, 3.8) is 0 Å². The first-order valence-electron chi connectivity index (χ1n) is 6.99. The lowest BCUT2D eigenvalue weighted by molar-refractivity contribution is 0.766. The Hall–Kier alpha value is -1.90. The van der Waals surface area contributed by atoms with Crippen molar-refractivity contribution in [2.24, 2.45) is 0 Å². The highest BCUT2D eigenvalue weighted by molar-refractivity contribution is 6.35. The molecule has 0 aliphatic carbocycles. The van der Waals surface area contributed by atoms with E-state index in [0.717, 1.165) is 17.7 Å². The van der Waals surface area contributed by atoms with Gasteiger partial charge < -0.3 is 0 Å². The summed E-state index contributed by atoms with van der Waals surface area (Å²) in [5.41, 5.74) is 3.13. The molecule has 0 saturated carbocycles. The molecule has 22 heavy (non-hydrogen) atoms. The minimum atomic E-state index is 0.0425. The summed E-state index contributed by atoms with van der Waals surface area (Å²) >= 11 is 12.4. The van der Waals surface area contributed by atoms with Crippen LogP contribution in [0.15, 0.2) is 67.1 Å². The van der Waals surface area contributed by atoms with E-state index in [2.05, 4.69) is 22.1 Å². The number of halogens is 2. The van der Waals surface area contributed by atoms with Crippen LogP contribution in [0, 0.1) is 0 Å². The molecule has 1 atom stereocenters. The lowest BCUT2D eigenvalue weighted by atomic mass is 9.89. The van der Waals surface area contributed by atoms with Crippen LogP contribution >= 0.6 is 23.2 Å². The van der Waals surface area contributed by atoms with E-state index in [9.17, 15) is 0 Å². The second-order valence-corrected chi connectivity index (χ2v) is 5.88. The SMILES string of the molecule is Clc1ccc([C@@H](Cc2ccccc2)c2cnccn2)c(Cl)c1. The van der Waals surface area contributed by atoms with Gasteiger partial charge in [-0.25, -0.2) is 0 Å². The first-order chi connectivity index (χ1) is 10.7. The fourth-order valence-corrected chi connectivity index (χ4v) is 3.04. The van der Waals surface area contributed by atoms with Crippen molar-refractivity contribution in [2.75, 3.05) is 0 Å². The molecule has 0 amide bonds. The quantitative estimate of drug-likeness (QED) is 0.661. The minimum absolute atomic E-state index is 0.0425. The first kappa shape index (κ1) is 15.0. The highest BCUT2D eigenvalue weighted by Gasteiger charge is 2.19. The number of hydrogen-bond acceptors (Lipinski definition) is 2. The van der Waals surface area contributed by atoms with Crippen molar-refractivity contribution >= 4 is 23.2 Å². The second-order valence-electron chi connectivity index (χ2n) is 5.04. The number of benzene rings is 2. The molecule has 1 aromatic heterocycles. The van der Waals surface area contributed by atoms with Crippen LogP contribution in [-0.4, -0.2) is 9.97 Å². The molecule has 1 heterocycles. The van der Waals surface area contributed by atoms with E-state index in [1.807, 2.05) is 30.3 Å². The number of nitrogens with zero attached hydrogens (tertiary/aromatic N) is 2. The Kier molecular flexibility index (Phi) is 4.71. The van der Waals surface area contributed by atoms with Crippen molar-refractivity contribution in [3.8, 4) is 0 Å². The van der Waals surface area contributed by atoms with Gasteiger partial charge in [-0.3, -0.25) is 9.97 Å². The van der Waals surface area contributed by atoms with Crippen LogP contribution in [0.3, 0.4) is 0 Å². The summed E-state index contributed by atoms with van der Waals surface area (Å²) in [5.74, 6) is 0.0425. The van der Waals surface area contributed by atoms with Gasteiger partial charge in [0.05, 0.1) is 5.69 Å². The van der Waals surface area contributed by atoms with Gasteiger partial charge in [0.15, 0.2) is 0 Å². The Bertz CT molecular complexity index is 746. The Morgan fingerprint density at radius 2 is 1.77 bits per heavy atom. The van der Waals surface area contributed by atoms with Crippen LogP contribution in [-0.2, 0) is 6.42 Å². The maximum atomic E-state index is 6.41. The lowest BCUT2D eigenvalue weighted by Gasteiger charge is -2.18. The zero-order valence-corrected chi connectivity index (χ0v) is 13.3. The summed E-state index contributed by atoms with van der Waals surface area (Å²) in [6.45, 7) is 0. The summed E-state index contributed by atoms with van der Waals surface area (Å²) in [7, 11) is 0. The molecule has 3 rings (SSSR count). The average molecular weight is 329 g/mol. The second kappa shape index (κ2) is 6.91. The highest BCUT2D eigenvalue weighted by Crippen LogP contribution is 2.33. The molecule has 0 fully saturated rings.